The average Bonchev–Trinajstić information content (AvgIpc) is 2.36. The first-order valence-electron chi connectivity index (χ1n) is 6.94. The molecule has 1 aromatic carbocycles. The molecule has 0 saturated carbocycles. The Morgan fingerprint density at radius 2 is 1.89 bits per heavy atom. The largest absolute Gasteiger partial charge is 0.481 e. The highest BCUT2D eigenvalue weighted by molar-refractivity contribution is 5.66. The Hall–Kier alpha value is -1.31. The van der Waals surface area contributed by atoms with E-state index in [1.165, 1.54) is 30.4 Å². The molecule has 0 amide bonds. The molecular weight excluding hydrogens is 224 g/mol. The fraction of sp³-hybridized carbons (Fsp3) is 0.562. The highest BCUT2D eigenvalue weighted by Gasteiger charge is 2.05. The number of carboxylic acids is 1. The van der Waals surface area contributed by atoms with Gasteiger partial charge in [-0.3, -0.25) is 4.79 Å². The minimum atomic E-state index is -0.709. The van der Waals surface area contributed by atoms with Crippen LogP contribution in [-0.2, 0) is 11.2 Å². The molecule has 18 heavy (non-hydrogen) atoms. The molecule has 2 heteroatoms. The predicted octanol–water partition coefficient (Wildman–Crippen LogP) is 4.39. The summed E-state index contributed by atoms with van der Waals surface area (Å²) in [5.41, 5.74) is 2.63. The van der Waals surface area contributed by atoms with Crippen LogP contribution in [0.2, 0.25) is 0 Å². The molecule has 0 aromatic heterocycles. The molecule has 0 heterocycles. The minimum absolute atomic E-state index is 0.259. The third kappa shape index (κ3) is 5.35. The van der Waals surface area contributed by atoms with Gasteiger partial charge in [-0.25, -0.2) is 0 Å². The molecular formula is C16H24O2. The Morgan fingerprint density at radius 3 is 2.44 bits per heavy atom. The highest BCUT2D eigenvalue weighted by atomic mass is 16.4. The first kappa shape index (κ1) is 14.7. The van der Waals surface area contributed by atoms with Gasteiger partial charge in [-0.05, 0) is 36.3 Å². The topological polar surface area (TPSA) is 37.3 Å². The number of carbonyl (C=O) groups is 1. The molecule has 0 aliphatic carbocycles. The summed E-state index contributed by atoms with van der Waals surface area (Å²) in [5.74, 6) is -0.0853. The van der Waals surface area contributed by atoms with Crippen molar-refractivity contribution in [2.24, 2.45) is 0 Å². The van der Waals surface area contributed by atoms with E-state index in [4.69, 9.17) is 5.11 Å². The van der Waals surface area contributed by atoms with Gasteiger partial charge in [-0.2, -0.15) is 0 Å². The Balaban J connectivity index is 2.44. The number of unbranched alkanes of at least 4 members (excludes halogenated alkanes) is 1. The normalized spacial score (nSPS) is 12.3. The van der Waals surface area contributed by atoms with Crippen molar-refractivity contribution in [1.82, 2.24) is 0 Å². The highest BCUT2D eigenvalue weighted by Crippen LogP contribution is 2.22. The first-order valence-corrected chi connectivity index (χ1v) is 6.94. The molecule has 0 radical (unpaired) electrons. The zero-order chi connectivity index (χ0) is 13.4. The van der Waals surface area contributed by atoms with Crippen molar-refractivity contribution in [2.75, 3.05) is 0 Å². The molecule has 0 fully saturated rings. The van der Waals surface area contributed by atoms with Crippen LogP contribution in [0.15, 0.2) is 24.3 Å². The Morgan fingerprint density at radius 1 is 1.22 bits per heavy atom. The van der Waals surface area contributed by atoms with Gasteiger partial charge in [-0.1, -0.05) is 51.0 Å². The van der Waals surface area contributed by atoms with Crippen molar-refractivity contribution in [3.63, 3.8) is 0 Å². The molecule has 100 valence electrons. The third-order valence-corrected chi connectivity index (χ3v) is 3.40. The molecule has 1 rings (SSSR count). The summed E-state index contributed by atoms with van der Waals surface area (Å²) in [5, 5.41) is 8.59. The van der Waals surface area contributed by atoms with E-state index >= 15 is 0 Å². The SMILES string of the molecule is CCCC[C@H](C)c1ccc(CCCC(=O)O)cc1. The lowest BCUT2D eigenvalue weighted by Gasteiger charge is -2.11. The fourth-order valence-electron chi connectivity index (χ4n) is 2.13. The van der Waals surface area contributed by atoms with Crippen molar-refractivity contribution < 1.29 is 9.90 Å². The molecule has 1 N–H and O–H groups in total. The van der Waals surface area contributed by atoms with Crippen LogP contribution in [0, 0.1) is 0 Å². The second-order valence-corrected chi connectivity index (χ2v) is 5.03. The lowest BCUT2D eigenvalue weighted by molar-refractivity contribution is -0.137. The standard InChI is InChI=1S/C16H24O2/c1-3-4-6-13(2)15-11-9-14(10-12-15)7-5-8-16(17)18/h9-13H,3-8H2,1-2H3,(H,17,18)/t13-/m0/s1. The van der Waals surface area contributed by atoms with E-state index in [2.05, 4.69) is 38.1 Å². The van der Waals surface area contributed by atoms with Crippen LogP contribution >= 0.6 is 0 Å². The van der Waals surface area contributed by atoms with Crippen molar-refractivity contribution >= 4 is 5.97 Å². The van der Waals surface area contributed by atoms with Gasteiger partial charge in [0.1, 0.15) is 0 Å². The monoisotopic (exact) mass is 248 g/mol. The summed E-state index contributed by atoms with van der Waals surface area (Å²) in [7, 11) is 0. The van der Waals surface area contributed by atoms with E-state index < -0.39 is 5.97 Å². The van der Waals surface area contributed by atoms with Gasteiger partial charge in [-0.15, -0.1) is 0 Å². The van der Waals surface area contributed by atoms with Crippen molar-refractivity contribution in [1.29, 1.82) is 0 Å². The number of aliphatic carboxylic acids is 1. The molecule has 1 aromatic rings. The van der Waals surface area contributed by atoms with Crippen LogP contribution in [-0.4, -0.2) is 11.1 Å². The third-order valence-electron chi connectivity index (χ3n) is 3.40. The first-order chi connectivity index (χ1) is 8.63. The van der Waals surface area contributed by atoms with E-state index in [0.717, 1.165) is 12.8 Å². The van der Waals surface area contributed by atoms with E-state index in [0.29, 0.717) is 5.92 Å². The molecule has 0 spiro atoms. The summed E-state index contributed by atoms with van der Waals surface area (Å²) >= 11 is 0. The number of rotatable bonds is 8. The Kier molecular flexibility index (Phi) is 6.48. The molecule has 2 nitrogen and oxygen atoms in total. The zero-order valence-electron chi connectivity index (χ0n) is 11.5. The van der Waals surface area contributed by atoms with Gasteiger partial charge in [0.25, 0.3) is 0 Å². The van der Waals surface area contributed by atoms with Crippen molar-refractivity contribution in [3.8, 4) is 0 Å². The molecule has 1 atom stereocenters. The van der Waals surface area contributed by atoms with E-state index in [9.17, 15) is 4.79 Å². The van der Waals surface area contributed by atoms with Crippen LogP contribution in [0.1, 0.15) is 63.0 Å². The van der Waals surface area contributed by atoms with Crippen molar-refractivity contribution in [3.05, 3.63) is 35.4 Å². The minimum Gasteiger partial charge on any atom is -0.481 e. The van der Waals surface area contributed by atoms with Crippen LogP contribution in [0.4, 0.5) is 0 Å². The number of carboxylic acid groups (broad SMARTS) is 1. The van der Waals surface area contributed by atoms with Crippen LogP contribution in [0.25, 0.3) is 0 Å². The van der Waals surface area contributed by atoms with Crippen LogP contribution < -0.4 is 0 Å². The van der Waals surface area contributed by atoms with Gasteiger partial charge >= 0.3 is 5.97 Å². The maximum Gasteiger partial charge on any atom is 0.303 e. The molecule has 0 unspecified atom stereocenters. The second-order valence-electron chi connectivity index (χ2n) is 5.03. The van der Waals surface area contributed by atoms with Gasteiger partial charge in [0.2, 0.25) is 0 Å². The fourth-order valence-corrected chi connectivity index (χ4v) is 2.13. The van der Waals surface area contributed by atoms with Crippen molar-refractivity contribution in [2.45, 2.75) is 58.3 Å². The molecule has 0 saturated heterocycles. The lowest BCUT2D eigenvalue weighted by Crippen LogP contribution is -1.97. The van der Waals surface area contributed by atoms with E-state index in [-0.39, 0.29) is 6.42 Å². The predicted molar refractivity (Wildman–Crippen MR) is 75.0 cm³/mol. The zero-order valence-corrected chi connectivity index (χ0v) is 11.5. The molecule has 0 aliphatic heterocycles. The quantitative estimate of drug-likeness (QED) is 0.741. The number of aryl methyl sites for hydroxylation is 1. The Labute approximate surface area is 110 Å². The van der Waals surface area contributed by atoms with Gasteiger partial charge < -0.3 is 5.11 Å². The summed E-state index contributed by atoms with van der Waals surface area (Å²) < 4.78 is 0. The van der Waals surface area contributed by atoms with Gasteiger partial charge in [0.15, 0.2) is 0 Å². The number of benzene rings is 1. The maximum absolute atomic E-state index is 10.4. The maximum atomic E-state index is 10.4. The van der Waals surface area contributed by atoms with Crippen LogP contribution in [0.5, 0.6) is 0 Å². The Bertz CT molecular complexity index is 354. The summed E-state index contributed by atoms with van der Waals surface area (Å²) in [6.07, 6.45) is 5.61. The second kappa shape index (κ2) is 7.91. The molecule has 0 aliphatic rings. The van der Waals surface area contributed by atoms with Gasteiger partial charge in [0, 0.05) is 6.42 Å². The number of hydrogen-bond acceptors (Lipinski definition) is 1. The van der Waals surface area contributed by atoms with Gasteiger partial charge in [0.05, 0.1) is 0 Å². The summed E-state index contributed by atoms with van der Waals surface area (Å²) in [4.78, 5) is 10.4. The smallest absolute Gasteiger partial charge is 0.303 e. The molecule has 0 bridgehead atoms. The summed E-state index contributed by atoms with van der Waals surface area (Å²) in [6.45, 7) is 4.49. The number of hydrogen-bond donors (Lipinski definition) is 1. The summed E-state index contributed by atoms with van der Waals surface area (Å²) in [6, 6.07) is 8.66. The van der Waals surface area contributed by atoms with Crippen LogP contribution in [0.3, 0.4) is 0 Å². The van der Waals surface area contributed by atoms with E-state index in [1.54, 1.807) is 0 Å². The lowest BCUT2D eigenvalue weighted by atomic mass is 9.94. The van der Waals surface area contributed by atoms with E-state index in [1.807, 2.05) is 0 Å². The average molecular weight is 248 g/mol.